The highest BCUT2D eigenvalue weighted by molar-refractivity contribution is 6.22. The van der Waals surface area contributed by atoms with Gasteiger partial charge in [0.05, 0.1) is 44.5 Å². The number of fused-ring (bicyclic) bond motifs is 11. The molecule has 0 radical (unpaired) electrons. The van der Waals surface area contributed by atoms with Crippen molar-refractivity contribution in [3.05, 3.63) is 206 Å². The van der Waals surface area contributed by atoms with Crippen molar-refractivity contribution >= 4 is 87.0 Å². The number of hydrogen-bond acceptors (Lipinski definition) is 2. The monoisotopic (exact) mass is 762 g/mol. The molecular weight excluding hydrogens is 729 g/mol. The maximum atomic E-state index is 5.25. The largest absolute Gasteiger partial charge is 0.309 e. The molecule has 0 aliphatic carbocycles. The Kier molecular flexibility index (Phi) is 6.98. The second-order valence-corrected chi connectivity index (χ2v) is 15.8. The summed E-state index contributed by atoms with van der Waals surface area (Å²) in [6, 6.07) is 74.5. The Morgan fingerprint density at radius 2 is 0.800 bits per heavy atom. The standard InChI is InChI=1S/C56H34N4/c1-2-13-38-31-41(22-21-35(38)11-1)56-55(57-48-18-8-9-19-49(48)58-56)37-23-26-42(27-24-37)59-51-30-28-43(34-47(51)46-32-39-14-3-4-15-40(39)33-53(46)59)60-50-20-10-7-17-45(50)54-44-16-6-5-12-36(44)25-29-52(54)60/h1-34H. The van der Waals surface area contributed by atoms with E-state index in [1.807, 2.05) is 24.3 Å². The summed E-state index contributed by atoms with van der Waals surface area (Å²) < 4.78 is 4.85. The first-order valence-electron chi connectivity index (χ1n) is 20.5. The van der Waals surface area contributed by atoms with Gasteiger partial charge in [-0.1, -0.05) is 133 Å². The van der Waals surface area contributed by atoms with Gasteiger partial charge in [-0.25, -0.2) is 9.97 Å². The van der Waals surface area contributed by atoms with Crippen LogP contribution in [0, 0.1) is 0 Å². The molecule has 0 N–H and O–H groups in total. The average Bonchev–Trinajstić information content (AvgIpc) is 3.82. The van der Waals surface area contributed by atoms with Gasteiger partial charge in [0.1, 0.15) is 0 Å². The summed E-state index contributed by atoms with van der Waals surface area (Å²) in [6.07, 6.45) is 0. The van der Waals surface area contributed by atoms with E-state index in [1.165, 1.54) is 70.4 Å². The molecule has 0 saturated heterocycles. The fourth-order valence-electron chi connectivity index (χ4n) is 9.64. The van der Waals surface area contributed by atoms with E-state index in [1.54, 1.807) is 0 Å². The van der Waals surface area contributed by atoms with Crippen molar-refractivity contribution in [1.29, 1.82) is 0 Å². The highest BCUT2D eigenvalue weighted by atomic mass is 15.0. The van der Waals surface area contributed by atoms with Crippen molar-refractivity contribution < 1.29 is 0 Å². The average molecular weight is 763 g/mol. The molecule has 0 atom stereocenters. The van der Waals surface area contributed by atoms with Crippen LogP contribution in [0.2, 0.25) is 0 Å². The number of para-hydroxylation sites is 3. The smallest absolute Gasteiger partial charge is 0.0973 e. The Morgan fingerprint density at radius 3 is 1.58 bits per heavy atom. The van der Waals surface area contributed by atoms with E-state index in [2.05, 4.69) is 191 Å². The normalized spacial score (nSPS) is 12.0. The molecule has 10 aromatic carbocycles. The van der Waals surface area contributed by atoms with Gasteiger partial charge in [0.2, 0.25) is 0 Å². The van der Waals surface area contributed by atoms with Crippen LogP contribution in [0.15, 0.2) is 206 Å². The van der Waals surface area contributed by atoms with Crippen LogP contribution in [0.5, 0.6) is 0 Å². The Hall–Kier alpha value is -8.08. The first kappa shape index (κ1) is 32.9. The molecule has 0 spiro atoms. The highest BCUT2D eigenvalue weighted by Crippen LogP contribution is 2.41. The topological polar surface area (TPSA) is 35.6 Å². The van der Waals surface area contributed by atoms with Gasteiger partial charge in [0.15, 0.2) is 0 Å². The summed E-state index contributed by atoms with van der Waals surface area (Å²) in [4.78, 5) is 10.5. The molecule has 278 valence electrons. The molecular formula is C56H34N4. The second-order valence-electron chi connectivity index (χ2n) is 15.8. The van der Waals surface area contributed by atoms with Crippen LogP contribution in [-0.4, -0.2) is 19.1 Å². The number of nitrogens with zero attached hydrogens (tertiary/aromatic N) is 4. The first-order chi connectivity index (χ1) is 29.7. The Morgan fingerprint density at radius 1 is 0.283 bits per heavy atom. The third-order valence-electron chi connectivity index (χ3n) is 12.4. The van der Waals surface area contributed by atoms with Crippen molar-refractivity contribution in [2.45, 2.75) is 0 Å². The minimum Gasteiger partial charge on any atom is -0.309 e. The molecule has 0 aliphatic rings. The van der Waals surface area contributed by atoms with Gasteiger partial charge in [0, 0.05) is 44.0 Å². The summed E-state index contributed by atoms with van der Waals surface area (Å²) in [5, 5.41) is 12.3. The molecule has 0 aliphatic heterocycles. The molecule has 0 saturated carbocycles. The lowest BCUT2D eigenvalue weighted by atomic mass is 10.0. The van der Waals surface area contributed by atoms with Gasteiger partial charge in [-0.05, 0) is 105 Å². The van der Waals surface area contributed by atoms with E-state index in [0.717, 1.165) is 50.4 Å². The number of benzene rings is 10. The molecule has 3 heterocycles. The van der Waals surface area contributed by atoms with Crippen molar-refractivity contribution in [1.82, 2.24) is 19.1 Å². The molecule has 13 rings (SSSR count). The highest BCUT2D eigenvalue weighted by Gasteiger charge is 2.20. The van der Waals surface area contributed by atoms with Crippen molar-refractivity contribution in [3.63, 3.8) is 0 Å². The van der Waals surface area contributed by atoms with Crippen LogP contribution in [0.1, 0.15) is 0 Å². The molecule has 0 fully saturated rings. The van der Waals surface area contributed by atoms with Crippen molar-refractivity contribution in [2.75, 3.05) is 0 Å². The van der Waals surface area contributed by atoms with E-state index in [9.17, 15) is 0 Å². The Labute approximate surface area is 344 Å². The predicted octanol–water partition coefficient (Wildman–Crippen LogP) is 14.6. The quantitative estimate of drug-likeness (QED) is 0.179. The summed E-state index contributed by atoms with van der Waals surface area (Å²) in [5.74, 6) is 0. The van der Waals surface area contributed by atoms with Crippen LogP contribution in [0.4, 0.5) is 0 Å². The van der Waals surface area contributed by atoms with E-state index in [4.69, 9.17) is 9.97 Å². The van der Waals surface area contributed by atoms with Crippen LogP contribution in [-0.2, 0) is 0 Å². The first-order valence-corrected chi connectivity index (χ1v) is 20.5. The van der Waals surface area contributed by atoms with Gasteiger partial charge >= 0.3 is 0 Å². The lowest BCUT2D eigenvalue weighted by molar-refractivity contribution is 1.17. The fourth-order valence-corrected chi connectivity index (χ4v) is 9.64. The van der Waals surface area contributed by atoms with Gasteiger partial charge in [-0.15, -0.1) is 0 Å². The molecule has 0 unspecified atom stereocenters. The zero-order valence-electron chi connectivity index (χ0n) is 32.4. The third kappa shape index (κ3) is 4.91. The number of rotatable bonds is 4. The zero-order valence-corrected chi connectivity index (χ0v) is 32.4. The summed E-state index contributed by atoms with van der Waals surface area (Å²) in [5.41, 5.74) is 12.5. The summed E-state index contributed by atoms with van der Waals surface area (Å²) >= 11 is 0. The molecule has 60 heavy (non-hydrogen) atoms. The fraction of sp³-hybridized carbons (Fsp3) is 0. The van der Waals surface area contributed by atoms with E-state index in [0.29, 0.717) is 0 Å². The maximum absolute atomic E-state index is 5.25. The molecule has 4 heteroatoms. The molecule has 4 nitrogen and oxygen atoms in total. The predicted molar refractivity (Wildman–Crippen MR) is 252 cm³/mol. The van der Waals surface area contributed by atoms with Crippen LogP contribution < -0.4 is 0 Å². The Bertz CT molecular complexity index is 3890. The summed E-state index contributed by atoms with van der Waals surface area (Å²) in [6.45, 7) is 0. The van der Waals surface area contributed by atoms with Crippen molar-refractivity contribution in [3.8, 4) is 33.9 Å². The van der Waals surface area contributed by atoms with Crippen molar-refractivity contribution in [2.24, 2.45) is 0 Å². The van der Waals surface area contributed by atoms with Gasteiger partial charge in [-0.2, -0.15) is 0 Å². The SMILES string of the molecule is c1ccc2cc(-c3nc4ccccc4nc3-c3ccc(-n4c5ccc(-n6c7ccccc7c7c8ccccc8ccc76)cc5c5cc6ccccc6cc54)cc3)ccc2c1. The van der Waals surface area contributed by atoms with E-state index < -0.39 is 0 Å². The number of aromatic nitrogens is 4. The zero-order chi connectivity index (χ0) is 39.3. The molecule has 0 amide bonds. The van der Waals surface area contributed by atoms with E-state index in [-0.39, 0.29) is 0 Å². The minimum absolute atomic E-state index is 0.868. The van der Waals surface area contributed by atoms with Gasteiger partial charge < -0.3 is 9.13 Å². The van der Waals surface area contributed by atoms with E-state index >= 15 is 0 Å². The van der Waals surface area contributed by atoms with Gasteiger partial charge in [0.25, 0.3) is 0 Å². The molecule has 3 aromatic heterocycles. The minimum atomic E-state index is 0.868. The Balaban J connectivity index is 1.01. The lowest BCUT2D eigenvalue weighted by Crippen LogP contribution is -1.97. The van der Waals surface area contributed by atoms with Crippen LogP contribution in [0.3, 0.4) is 0 Å². The molecule has 13 aromatic rings. The molecule has 0 bridgehead atoms. The van der Waals surface area contributed by atoms with Crippen LogP contribution >= 0.6 is 0 Å². The number of hydrogen-bond donors (Lipinski definition) is 0. The lowest BCUT2D eigenvalue weighted by Gasteiger charge is -2.13. The third-order valence-corrected chi connectivity index (χ3v) is 12.4. The summed E-state index contributed by atoms with van der Waals surface area (Å²) in [7, 11) is 0. The van der Waals surface area contributed by atoms with Crippen LogP contribution in [0.25, 0.3) is 121 Å². The van der Waals surface area contributed by atoms with Gasteiger partial charge in [-0.3, -0.25) is 0 Å². The second kappa shape index (κ2) is 12.7. The maximum Gasteiger partial charge on any atom is 0.0973 e.